The monoisotopic (exact) mass is 302 g/mol. The fraction of sp³-hybridized carbons (Fsp3) is 0.267. The number of hydrogen-bond acceptors (Lipinski definition) is 3. The van der Waals surface area contributed by atoms with Gasteiger partial charge in [0, 0.05) is 28.7 Å². The van der Waals surface area contributed by atoms with Gasteiger partial charge >= 0.3 is 0 Å². The first-order valence-corrected chi connectivity index (χ1v) is 8.41. The van der Waals surface area contributed by atoms with Crippen LogP contribution in [0.5, 0.6) is 0 Å². The molecule has 1 amide bonds. The highest BCUT2D eigenvalue weighted by molar-refractivity contribution is 7.20. The molecule has 1 saturated carbocycles. The highest BCUT2D eigenvalue weighted by atomic mass is 32.1. The third kappa shape index (κ3) is 2.27. The molecule has 20 heavy (non-hydrogen) atoms. The topological polar surface area (TPSA) is 34.0 Å². The standard InChI is InChI=1S/C15H14N2OS2/c18-15(16-7-12-2-1-5-19-12)13-6-10-8-17(11-3-4-11)9-14(10)20-13/h1-2,5-6,8-9,11H,3-4,7H2,(H,16,18). The van der Waals surface area contributed by atoms with Gasteiger partial charge in [-0.15, -0.1) is 22.7 Å². The molecular weight excluding hydrogens is 288 g/mol. The average Bonchev–Trinajstić information content (AvgIpc) is 2.88. The molecule has 1 N–H and O–H groups in total. The van der Waals surface area contributed by atoms with Crippen LogP contribution in [0.4, 0.5) is 0 Å². The van der Waals surface area contributed by atoms with Crippen LogP contribution in [0.25, 0.3) is 10.1 Å². The maximum absolute atomic E-state index is 12.1. The summed E-state index contributed by atoms with van der Waals surface area (Å²) >= 11 is 3.24. The molecule has 1 fully saturated rings. The van der Waals surface area contributed by atoms with Gasteiger partial charge in [-0.3, -0.25) is 4.79 Å². The summed E-state index contributed by atoms with van der Waals surface area (Å²) < 4.78 is 3.49. The molecule has 0 bridgehead atoms. The maximum atomic E-state index is 12.1. The van der Waals surface area contributed by atoms with Crippen molar-refractivity contribution >= 4 is 38.7 Å². The molecule has 0 saturated heterocycles. The largest absolute Gasteiger partial charge is 0.349 e. The number of nitrogens with one attached hydrogen (secondary N) is 1. The molecule has 1 aliphatic carbocycles. The van der Waals surface area contributed by atoms with Crippen LogP contribution in [0, 0.1) is 0 Å². The molecule has 0 spiro atoms. The summed E-state index contributed by atoms with van der Waals surface area (Å²) in [5.74, 6) is 0.0255. The van der Waals surface area contributed by atoms with Crippen molar-refractivity contribution in [3.63, 3.8) is 0 Å². The van der Waals surface area contributed by atoms with Crippen molar-refractivity contribution in [1.29, 1.82) is 0 Å². The number of rotatable bonds is 4. The third-order valence-corrected chi connectivity index (χ3v) is 5.50. The number of thiophene rings is 2. The number of amides is 1. The molecule has 3 nitrogen and oxygen atoms in total. The molecule has 0 radical (unpaired) electrons. The lowest BCUT2D eigenvalue weighted by atomic mass is 10.3. The van der Waals surface area contributed by atoms with Gasteiger partial charge in [-0.05, 0) is 30.4 Å². The van der Waals surface area contributed by atoms with Gasteiger partial charge in [0.05, 0.1) is 16.1 Å². The lowest BCUT2D eigenvalue weighted by molar-refractivity contribution is 0.0955. The average molecular weight is 302 g/mol. The molecule has 5 heteroatoms. The van der Waals surface area contributed by atoms with E-state index in [9.17, 15) is 4.79 Å². The van der Waals surface area contributed by atoms with E-state index in [4.69, 9.17) is 0 Å². The van der Waals surface area contributed by atoms with Gasteiger partial charge in [-0.2, -0.15) is 0 Å². The summed E-state index contributed by atoms with van der Waals surface area (Å²) in [5, 5.41) is 6.19. The van der Waals surface area contributed by atoms with Crippen LogP contribution in [0.2, 0.25) is 0 Å². The van der Waals surface area contributed by atoms with E-state index < -0.39 is 0 Å². The van der Waals surface area contributed by atoms with E-state index in [1.54, 1.807) is 22.7 Å². The van der Waals surface area contributed by atoms with E-state index in [1.807, 2.05) is 23.6 Å². The van der Waals surface area contributed by atoms with Crippen LogP contribution in [0.3, 0.4) is 0 Å². The lowest BCUT2D eigenvalue weighted by Crippen LogP contribution is -2.21. The molecule has 3 aromatic heterocycles. The minimum atomic E-state index is 0.0255. The highest BCUT2D eigenvalue weighted by Gasteiger charge is 2.23. The second kappa shape index (κ2) is 4.75. The van der Waals surface area contributed by atoms with E-state index in [0.717, 1.165) is 4.88 Å². The summed E-state index contributed by atoms with van der Waals surface area (Å²) in [7, 11) is 0. The van der Waals surface area contributed by atoms with Gasteiger partial charge in [-0.1, -0.05) is 6.07 Å². The number of nitrogens with zero attached hydrogens (tertiary/aromatic N) is 1. The van der Waals surface area contributed by atoms with Crippen LogP contribution in [0.15, 0.2) is 36.0 Å². The van der Waals surface area contributed by atoms with E-state index in [2.05, 4.69) is 22.3 Å². The zero-order valence-corrected chi connectivity index (χ0v) is 12.5. The van der Waals surface area contributed by atoms with E-state index in [1.165, 1.54) is 27.8 Å². The van der Waals surface area contributed by atoms with Gasteiger partial charge in [0.1, 0.15) is 0 Å². The fourth-order valence-corrected chi connectivity index (χ4v) is 3.95. The Morgan fingerprint density at radius 2 is 2.30 bits per heavy atom. The number of carbonyl (C=O) groups excluding carboxylic acids is 1. The Hall–Kier alpha value is -1.59. The van der Waals surface area contributed by atoms with Crippen molar-refractivity contribution in [2.75, 3.05) is 0 Å². The SMILES string of the molecule is O=C(NCc1cccs1)c1cc2cn(C3CC3)cc2s1. The Morgan fingerprint density at radius 3 is 3.00 bits per heavy atom. The first-order chi connectivity index (χ1) is 9.79. The van der Waals surface area contributed by atoms with Crippen molar-refractivity contribution in [3.8, 4) is 0 Å². The summed E-state index contributed by atoms with van der Waals surface area (Å²) in [6, 6.07) is 6.74. The van der Waals surface area contributed by atoms with Crippen LogP contribution in [-0.2, 0) is 6.54 Å². The Balaban J connectivity index is 1.49. The van der Waals surface area contributed by atoms with E-state index in [-0.39, 0.29) is 5.91 Å². The van der Waals surface area contributed by atoms with Gasteiger partial charge in [0.15, 0.2) is 0 Å². The first-order valence-electron chi connectivity index (χ1n) is 6.71. The first kappa shape index (κ1) is 12.2. The summed E-state index contributed by atoms with van der Waals surface area (Å²) in [5.41, 5.74) is 0. The van der Waals surface area contributed by atoms with Crippen LogP contribution in [0.1, 0.15) is 33.4 Å². The zero-order valence-electron chi connectivity index (χ0n) is 10.8. The van der Waals surface area contributed by atoms with Gasteiger partial charge in [0.2, 0.25) is 0 Å². The minimum absolute atomic E-state index is 0.0255. The second-order valence-corrected chi connectivity index (χ2v) is 7.24. The lowest BCUT2D eigenvalue weighted by Gasteiger charge is -2.00. The number of carbonyl (C=O) groups is 1. The van der Waals surface area contributed by atoms with Gasteiger partial charge < -0.3 is 9.88 Å². The van der Waals surface area contributed by atoms with Crippen molar-refractivity contribution < 1.29 is 4.79 Å². The van der Waals surface area contributed by atoms with Gasteiger partial charge in [-0.25, -0.2) is 0 Å². The summed E-state index contributed by atoms with van der Waals surface area (Å²) in [6.45, 7) is 0.612. The molecule has 0 aliphatic heterocycles. The normalized spacial score (nSPS) is 14.8. The van der Waals surface area contributed by atoms with Crippen molar-refractivity contribution in [1.82, 2.24) is 9.88 Å². The number of hydrogen-bond donors (Lipinski definition) is 1. The van der Waals surface area contributed by atoms with Crippen molar-refractivity contribution in [2.24, 2.45) is 0 Å². The predicted octanol–water partition coefficient (Wildman–Crippen LogP) is 4.03. The third-order valence-electron chi connectivity index (χ3n) is 3.54. The van der Waals surface area contributed by atoms with E-state index in [0.29, 0.717) is 12.6 Å². The van der Waals surface area contributed by atoms with Gasteiger partial charge in [0.25, 0.3) is 5.91 Å². The predicted molar refractivity (Wildman–Crippen MR) is 83.6 cm³/mol. The molecule has 1 aliphatic rings. The summed E-state index contributed by atoms with van der Waals surface area (Å²) in [6.07, 6.45) is 6.92. The van der Waals surface area contributed by atoms with Crippen molar-refractivity contribution in [3.05, 3.63) is 45.7 Å². The molecule has 4 rings (SSSR count). The number of aromatic nitrogens is 1. The Bertz CT molecular complexity index is 719. The molecule has 3 aromatic rings. The quantitative estimate of drug-likeness (QED) is 0.775. The summed E-state index contributed by atoms with van der Waals surface area (Å²) in [4.78, 5) is 14.1. The smallest absolute Gasteiger partial charge is 0.261 e. The second-order valence-electron chi connectivity index (χ2n) is 5.13. The van der Waals surface area contributed by atoms with E-state index >= 15 is 0 Å². The molecule has 0 aromatic carbocycles. The molecule has 0 unspecified atom stereocenters. The molecular formula is C15H14N2OS2. The Kier molecular flexibility index (Phi) is 2.89. The zero-order chi connectivity index (χ0) is 13.5. The molecule has 0 atom stereocenters. The van der Waals surface area contributed by atoms with Crippen LogP contribution >= 0.6 is 22.7 Å². The Morgan fingerprint density at radius 1 is 1.40 bits per heavy atom. The maximum Gasteiger partial charge on any atom is 0.261 e. The highest BCUT2D eigenvalue weighted by Crippen LogP contribution is 2.38. The molecule has 102 valence electrons. The Labute approximate surface area is 124 Å². The fourth-order valence-electron chi connectivity index (χ4n) is 2.32. The van der Waals surface area contributed by atoms with Crippen LogP contribution < -0.4 is 5.32 Å². The minimum Gasteiger partial charge on any atom is -0.349 e. The van der Waals surface area contributed by atoms with Crippen molar-refractivity contribution in [2.45, 2.75) is 25.4 Å². The van der Waals surface area contributed by atoms with Crippen LogP contribution in [-0.4, -0.2) is 10.5 Å². The number of fused-ring (bicyclic) bond motifs is 1. The molecule has 3 heterocycles.